The minimum atomic E-state index is -0.316. The third kappa shape index (κ3) is 6.66. The lowest BCUT2D eigenvalue weighted by Crippen LogP contribution is -2.47. The number of nitrogens with zero attached hydrogens (tertiary/aromatic N) is 2. The van der Waals surface area contributed by atoms with Crippen LogP contribution in [0.25, 0.3) is 0 Å². The molecule has 2 aromatic rings. The van der Waals surface area contributed by atoms with Crippen LogP contribution < -0.4 is 15.4 Å². The number of hydrogen-bond donors (Lipinski definition) is 2. The highest BCUT2D eigenvalue weighted by Crippen LogP contribution is 2.13. The van der Waals surface area contributed by atoms with Crippen LogP contribution in [0.4, 0.5) is 0 Å². The maximum atomic E-state index is 12.1. The molecule has 0 saturated carbocycles. The van der Waals surface area contributed by atoms with E-state index < -0.39 is 0 Å². The number of carbonyl (C=O) groups is 2. The topological polar surface area (TPSA) is 83.6 Å². The minimum absolute atomic E-state index is 0.0366. The van der Waals surface area contributed by atoms with Crippen molar-refractivity contribution >= 4 is 11.8 Å². The summed E-state index contributed by atoms with van der Waals surface area (Å²) in [7, 11) is 0. The molecule has 1 saturated heterocycles. The Morgan fingerprint density at radius 1 is 1.04 bits per heavy atom. The SMILES string of the molecule is O=C(COc1ccccc1)NCC(=O)NC1CCN(Cc2ccccn2)CC1. The predicted octanol–water partition coefficient (Wildman–Crippen LogP) is 1.36. The van der Waals surface area contributed by atoms with Crippen LogP contribution in [0.1, 0.15) is 18.5 Å². The summed E-state index contributed by atoms with van der Waals surface area (Å²) in [4.78, 5) is 30.6. The molecule has 148 valence electrons. The number of rotatable bonds is 8. The Labute approximate surface area is 165 Å². The molecule has 1 aromatic carbocycles. The molecule has 0 spiro atoms. The first-order valence-corrected chi connectivity index (χ1v) is 9.55. The number of nitrogens with one attached hydrogen (secondary N) is 2. The normalized spacial score (nSPS) is 15.0. The van der Waals surface area contributed by atoms with E-state index in [1.165, 1.54) is 0 Å². The van der Waals surface area contributed by atoms with Crippen molar-refractivity contribution in [3.05, 3.63) is 60.4 Å². The number of ether oxygens (including phenoxy) is 1. The van der Waals surface area contributed by atoms with Crippen molar-refractivity contribution in [1.82, 2.24) is 20.5 Å². The molecule has 3 rings (SSSR count). The number of benzene rings is 1. The van der Waals surface area contributed by atoms with Crippen LogP contribution in [0.15, 0.2) is 54.7 Å². The van der Waals surface area contributed by atoms with Gasteiger partial charge in [0.2, 0.25) is 5.91 Å². The van der Waals surface area contributed by atoms with Gasteiger partial charge in [0.1, 0.15) is 5.75 Å². The summed E-state index contributed by atoms with van der Waals surface area (Å²) in [6.45, 7) is 2.52. The highest BCUT2D eigenvalue weighted by molar-refractivity contribution is 5.85. The van der Waals surface area contributed by atoms with Gasteiger partial charge in [-0.05, 0) is 37.1 Å². The Hall–Kier alpha value is -2.93. The predicted molar refractivity (Wildman–Crippen MR) is 106 cm³/mol. The molecule has 0 atom stereocenters. The smallest absolute Gasteiger partial charge is 0.258 e. The molecule has 2 heterocycles. The highest BCUT2D eigenvalue weighted by Gasteiger charge is 2.21. The van der Waals surface area contributed by atoms with Crippen LogP contribution in [0.2, 0.25) is 0 Å². The lowest BCUT2D eigenvalue weighted by Gasteiger charge is -2.32. The van der Waals surface area contributed by atoms with Gasteiger partial charge in [-0.2, -0.15) is 0 Å². The van der Waals surface area contributed by atoms with E-state index in [4.69, 9.17) is 4.74 Å². The van der Waals surface area contributed by atoms with Crippen molar-refractivity contribution in [2.75, 3.05) is 26.2 Å². The first-order valence-electron chi connectivity index (χ1n) is 9.55. The molecular weight excluding hydrogens is 356 g/mol. The van der Waals surface area contributed by atoms with Gasteiger partial charge in [0, 0.05) is 31.9 Å². The van der Waals surface area contributed by atoms with Crippen molar-refractivity contribution in [3.63, 3.8) is 0 Å². The molecular formula is C21H26N4O3. The number of para-hydroxylation sites is 1. The van der Waals surface area contributed by atoms with E-state index in [1.807, 2.05) is 42.6 Å². The quantitative estimate of drug-likeness (QED) is 0.720. The molecule has 2 amide bonds. The molecule has 0 radical (unpaired) electrons. The first-order chi connectivity index (χ1) is 13.7. The van der Waals surface area contributed by atoms with E-state index >= 15 is 0 Å². The molecule has 1 fully saturated rings. The van der Waals surface area contributed by atoms with Crippen molar-refractivity contribution in [2.45, 2.75) is 25.4 Å². The van der Waals surface area contributed by atoms with Crippen LogP contribution in [-0.2, 0) is 16.1 Å². The standard InChI is InChI=1S/C21H26N4O3/c26-20(14-23-21(27)16-28-19-7-2-1-3-8-19)24-17-9-12-25(13-10-17)15-18-6-4-5-11-22-18/h1-8,11,17H,9-10,12-16H2,(H,23,27)(H,24,26). The third-order valence-electron chi connectivity index (χ3n) is 4.62. The summed E-state index contributed by atoms with van der Waals surface area (Å²) in [6, 6.07) is 15.2. The largest absolute Gasteiger partial charge is 0.484 e. The summed E-state index contributed by atoms with van der Waals surface area (Å²) in [6.07, 6.45) is 3.59. The minimum Gasteiger partial charge on any atom is -0.484 e. The van der Waals surface area contributed by atoms with E-state index in [-0.39, 0.29) is 31.0 Å². The number of piperidine rings is 1. The first kappa shape index (κ1) is 19.8. The van der Waals surface area contributed by atoms with Gasteiger partial charge in [-0.15, -0.1) is 0 Å². The van der Waals surface area contributed by atoms with Crippen LogP contribution in [0.3, 0.4) is 0 Å². The molecule has 28 heavy (non-hydrogen) atoms. The van der Waals surface area contributed by atoms with E-state index in [0.717, 1.165) is 38.2 Å². The average molecular weight is 382 g/mol. The van der Waals surface area contributed by atoms with E-state index in [9.17, 15) is 9.59 Å². The molecule has 1 aliphatic heterocycles. The molecule has 1 aliphatic rings. The number of amides is 2. The Morgan fingerprint density at radius 3 is 2.50 bits per heavy atom. The van der Waals surface area contributed by atoms with Gasteiger partial charge in [-0.25, -0.2) is 0 Å². The van der Waals surface area contributed by atoms with Gasteiger partial charge in [0.25, 0.3) is 5.91 Å². The maximum absolute atomic E-state index is 12.1. The van der Waals surface area contributed by atoms with Gasteiger partial charge in [0.05, 0.1) is 12.2 Å². The second-order valence-corrected chi connectivity index (χ2v) is 6.82. The van der Waals surface area contributed by atoms with Crippen molar-refractivity contribution < 1.29 is 14.3 Å². The van der Waals surface area contributed by atoms with Crippen molar-refractivity contribution in [1.29, 1.82) is 0 Å². The number of carbonyl (C=O) groups excluding carboxylic acids is 2. The Kier molecular flexibility index (Phi) is 7.37. The zero-order valence-electron chi connectivity index (χ0n) is 15.8. The third-order valence-corrected chi connectivity index (χ3v) is 4.62. The van der Waals surface area contributed by atoms with Gasteiger partial charge in [-0.1, -0.05) is 24.3 Å². The fraction of sp³-hybridized carbons (Fsp3) is 0.381. The fourth-order valence-corrected chi connectivity index (χ4v) is 3.13. The zero-order chi connectivity index (χ0) is 19.6. The van der Waals surface area contributed by atoms with Crippen molar-refractivity contribution in [3.8, 4) is 5.75 Å². The maximum Gasteiger partial charge on any atom is 0.258 e. The second-order valence-electron chi connectivity index (χ2n) is 6.82. The Bertz CT molecular complexity index is 747. The lowest BCUT2D eigenvalue weighted by molar-refractivity contribution is -0.127. The molecule has 2 N–H and O–H groups in total. The summed E-state index contributed by atoms with van der Waals surface area (Å²) in [5.41, 5.74) is 1.06. The van der Waals surface area contributed by atoms with Crippen LogP contribution in [-0.4, -0.2) is 54.0 Å². The average Bonchev–Trinajstić information content (AvgIpc) is 2.74. The summed E-state index contributed by atoms with van der Waals surface area (Å²) in [5.74, 6) is 0.139. The number of pyridine rings is 1. The summed E-state index contributed by atoms with van der Waals surface area (Å²) >= 11 is 0. The van der Waals surface area contributed by atoms with Crippen LogP contribution in [0, 0.1) is 0 Å². The van der Waals surface area contributed by atoms with E-state index in [2.05, 4.69) is 20.5 Å². The van der Waals surface area contributed by atoms with Crippen LogP contribution >= 0.6 is 0 Å². The van der Waals surface area contributed by atoms with Gasteiger partial charge in [0.15, 0.2) is 6.61 Å². The Balaban J connectivity index is 1.29. The molecule has 7 heteroatoms. The number of likely N-dealkylation sites (tertiary alicyclic amines) is 1. The van der Waals surface area contributed by atoms with Gasteiger partial charge < -0.3 is 15.4 Å². The molecule has 0 unspecified atom stereocenters. The molecule has 1 aromatic heterocycles. The van der Waals surface area contributed by atoms with Gasteiger partial charge >= 0.3 is 0 Å². The van der Waals surface area contributed by atoms with Gasteiger partial charge in [-0.3, -0.25) is 19.5 Å². The second kappa shape index (κ2) is 10.4. The zero-order valence-corrected chi connectivity index (χ0v) is 15.8. The highest BCUT2D eigenvalue weighted by atomic mass is 16.5. The van der Waals surface area contributed by atoms with E-state index in [1.54, 1.807) is 12.1 Å². The molecule has 7 nitrogen and oxygen atoms in total. The molecule has 0 bridgehead atoms. The monoisotopic (exact) mass is 382 g/mol. The fourth-order valence-electron chi connectivity index (χ4n) is 3.13. The van der Waals surface area contributed by atoms with E-state index in [0.29, 0.717) is 5.75 Å². The molecule has 0 aliphatic carbocycles. The van der Waals surface area contributed by atoms with Crippen LogP contribution in [0.5, 0.6) is 5.75 Å². The summed E-state index contributed by atoms with van der Waals surface area (Å²) < 4.78 is 5.36. The Morgan fingerprint density at radius 2 is 1.79 bits per heavy atom. The number of hydrogen-bond acceptors (Lipinski definition) is 5. The lowest BCUT2D eigenvalue weighted by atomic mass is 10.0. The van der Waals surface area contributed by atoms with Crippen molar-refractivity contribution in [2.24, 2.45) is 0 Å². The number of aromatic nitrogens is 1. The summed E-state index contributed by atoms with van der Waals surface area (Å²) in [5, 5.41) is 5.58.